The van der Waals surface area contributed by atoms with Crippen molar-refractivity contribution in [1.82, 2.24) is 0 Å². The molecule has 0 aromatic heterocycles. The van der Waals surface area contributed by atoms with Crippen molar-refractivity contribution in [3.63, 3.8) is 0 Å². The Morgan fingerprint density at radius 2 is 1.54 bits per heavy atom. The zero-order chi connectivity index (χ0) is 24.2. The van der Waals surface area contributed by atoms with Crippen LogP contribution >= 0.6 is 0 Å². The summed E-state index contributed by atoms with van der Waals surface area (Å²) in [7, 11) is 0. The van der Waals surface area contributed by atoms with E-state index in [0.717, 1.165) is 34.8 Å². The van der Waals surface area contributed by atoms with E-state index >= 15 is 0 Å². The molecule has 35 heavy (non-hydrogen) atoms. The van der Waals surface area contributed by atoms with Gasteiger partial charge < -0.3 is 20.1 Å². The number of halogens is 3. The van der Waals surface area contributed by atoms with E-state index < -0.39 is 17.8 Å². The Bertz CT molecular complexity index is 1350. The Hall–Kier alpha value is -3.94. The molecule has 2 N–H and O–H groups in total. The first-order chi connectivity index (χ1) is 16.9. The fourth-order valence-corrected chi connectivity index (χ4v) is 5.01. The largest absolute Gasteiger partial charge is 0.454 e. The van der Waals surface area contributed by atoms with E-state index in [-0.39, 0.29) is 24.9 Å². The molecule has 0 fully saturated rings. The lowest BCUT2D eigenvalue weighted by Gasteiger charge is -2.30. The number of alkyl halides is 3. The van der Waals surface area contributed by atoms with Crippen molar-refractivity contribution in [2.45, 2.75) is 31.0 Å². The summed E-state index contributed by atoms with van der Waals surface area (Å²) in [6.45, 7) is 0.177. The van der Waals surface area contributed by atoms with Crippen LogP contribution in [-0.2, 0) is 11.0 Å². The minimum absolute atomic E-state index is 0.0494. The number of carbonyl (C=O) groups excluding carboxylic acids is 1. The summed E-state index contributed by atoms with van der Waals surface area (Å²) in [5.74, 6) is 1.23. The van der Waals surface area contributed by atoms with Crippen LogP contribution in [-0.4, -0.2) is 12.6 Å². The van der Waals surface area contributed by atoms with Crippen molar-refractivity contribution in [1.29, 1.82) is 0 Å². The zero-order valence-corrected chi connectivity index (χ0v) is 18.5. The van der Waals surface area contributed by atoms with Gasteiger partial charge in [0.15, 0.2) is 17.3 Å². The first kappa shape index (κ1) is 21.6. The summed E-state index contributed by atoms with van der Waals surface area (Å²) in [5, 5.41) is 6.83. The highest BCUT2D eigenvalue weighted by Gasteiger charge is 2.37. The van der Waals surface area contributed by atoms with Gasteiger partial charge in [-0.15, -0.1) is 0 Å². The molecule has 0 amide bonds. The van der Waals surface area contributed by atoms with E-state index in [1.165, 1.54) is 12.1 Å². The number of ketones is 1. The van der Waals surface area contributed by atoms with E-state index in [4.69, 9.17) is 9.47 Å². The highest BCUT2D eigenvalue weighted by molar-refractivity contribution is 6.01. The lowest BCUT2D eigenvalue weighted by molar-refractivity contribution is -0.137. The molecule has 0 saturated carbocycles. The minimum atomic E-state index is -4.42. The van der Waals surface area contributed by atoms with Gasteiger partial charge in [0.1, 0.15) is 0 Å². The first-order valence-corrected chi connectivity index (χ1v) is 11.3. The van der Waals surface area contributed by atoms with Gasteiger partial charge >= 0.3 is 6.18 Å². The molecule has 6 rings (SSSR count). The Morgan fingerprint density at radius 1 is 0.829 bits per heavy atom. The molecule has 2 atom stereocenters. The van der Waals surface area contributed by atoms with E-state index in [0.29, 0.717) is 29.1 Å². The van der Waals surface area contributed by atoms with E-state index in [9.17, 15) is 18.0 Å². The molecule has 178 valence electrons. The summed E-state index contributed by atoms with van der Waals surface area (Å²) in [6.07, 6.45) is -3.56. The molecule has 8 heteroatoms. The van der Waals surface area contributed by atoms with E-state index in [1.54, 1.807) is 0 Å². The van der Waals surface area contributed by atoms with Gasteiger partial charge in [-0.2, -0.15) is 13.2 Å². The molecular formula is C27H21F3N2O3. The van der Waals surface area contributed by atoms with Crippen LogP contribution in [0.4, 0.5) is 24.5 Å². The summed E-state index contributed by atoms with van der Waals surface area (Å²) in [4.78, 5) is 13.6. The second-order valence-electron chi connectivity index (χ2n) is 8.90. The average Bonchev–Trinajstić information content (AvgIpc) is 3.24. The number of allylic oxidation sites excluding steroid dienone is 1. The topological polar surface area (TPSA) is 59.6 Å². The fraction of sp³-hybridized carbons (Fsp3) is 0.222. The summed E-state index contributed by atoms with van der Waals surface area (Å²) < 4.78 is 50.3. The van der Waals surface area contributed by atoms with Crippen LogP contribution in [0.3, 0.4) is 0 Å². The molecule has 1 aliphatic carbocycles. The van der Waals surface area contributed by atoms with Gasteiger partial charge in [0.2, 0.25) is 6.79 Å². The number of para-hydroxylation sites is 2. The standard InChI is InChI=1S/C27H21F3N2O3/c28-27(29,30)18-8-5-15(6-9-18)26-25-21(31-19-3-1-2-4-20(19)32-26)11-17(12-22(25)33)16-7-10-23-24(13-16)35-14-34-23/h1-10,13,17,26,31-32H,11-12,14H2/t17-,26-/m1/s1. The van der Waals surface area contributed by atoms with Gasteiger partial charge in [-0.1, -0.05) is 30.3 Å². The number of carbonyl (C=O) groups is 1. The van der Waals surface area contributed by atoms with Crippen molar-refractivity contribution in [3.05, 3.63) is 94.7 Å². The van der Waals surface area contributed by atoms with Crippen LogP contribution in [0, 0.1) is 0 Å². The summed E-state index contributed by atoms with van der Waals surface area (Å²) >= 11 is 0. The number of nitrogens with one attached hydrogen (secondary N) is 2. The molecular weight excluding hydrogens is 457 g/mol. The van der Waals surface area contributed by atoms with Crippen molar-refractivity contribution in [2.75, 3.05) is 17.4 Å². The van der Waals surface area contributed by atoms with Gasteiger partial charge in [-0.3, -0.25) is 4.79 Å². The fourth-order valence-electron chi connectivity index (χ4n) is 5.01. The first-order valence-electron chi connectivity index (χ1n) is 11.3. The molecule has 3 aromatic rings. The number of anilines is 2. The molecule has 0 radical (unpaired) electrons. The van der Waals surface area contributed by atoms with Gasteiger partial charge in [0.25, 0.3) is 0 Å². The third-order valence-electron chi connectivity index (χ3n) is 6.75. The smallest absolute Gasteiger partial charge is 0.416 e. The van der Waals surface area contributed by atoms with Crippen molar-refractivity contribution in [3.8, 4) is 11.5 Å². The number of ether oxygens (including phenoxy) is 2. The predicted octanol–water partition coefficient (Wildman–Crippen LogP) is 6.41. The van der Waals surface area contributed by atoms with Crippen molar-refractivity contribution >= 4 is 17.2 Å². The normalized spacial score (nSPS) is 20.9. The van der Waals surface area contributed by atoms with Gasteiger partial charge in [0.05, 0.1) is 23.0 Å². The minimum Gasteiger partial charge on any atom is -0.454 e. The average molecular weight is 478 g/mol. The second kappa shape index (κ2) is 8.08. The molecule has 0 unspecified atom stereocenters. The van der Waals surface area contributed by atoms with Crippen LogP contribution in [0.5, 0.6) is 11.5 Å². The third-order valence-corrected chi connectivity index (χ3v) is 6.75. The second-order valence-corrected chi connectivity index (χ2v) is 8.90. The summed E-state index contributed by atoms with van der Waals surface area (Å²) in [6, 6.07) is 17.7. The zero-order valence-electron chi connectivity index (χ0n) is 18.5. The molecule has 0 spiro atoms. The number of benzene rings is 3. The van der Waals surface area contributed by atoms with Crippen LogP contribution in [0.2, 0.25) is 0 Å². The van der Waals surface area contributed by atoms with Gasteiger partial charge in [-0.25, -0.2) is 0 Å². The maximum Gasteiger partial charge on any atom is 0.416 e. The monoisotopic (exact) mass is 478 g/mol. The molecule has 0 saturated heterocycles. The summed E-state index contributed by atoms with van der Waals surface area (Å²) in [5.41, 5.74) is 3.77. The molecule has 5 nitrogen and oxygen atoms in total. The number of rotatable bonds is 2. The molecule has 0 bridgehead atoms. The molecule has 3 aromatic carbocycles. The Labute approximate surface area is 199 Å². The Morgan fingerprint density at radius 3 is 2.31 bits per heavy atom. The number of hydrogen-bond donors (Lipinski definition) is 2. The third kappa shape index (κ3) is 3.88. The van der Waals surface area contributed by atoms with Crippen molar-refractivity contribution < 1.29 is 27.4 Å². The highest BCUT2D eigenvalue weighted by atomic mass is 19.4. The Balaban J connectivity index is 1.40. The lowest BCUT2D eigenvalue weighted by Crippen LogP contribution is -2.27. The van der Waals surface area contributed by atoms with E-state index in [1.807, 2.05) is 42.5 Å². The van der Waals surface area contributed by atoms with Crippen LogP contribution in [0.15, 0.2) is 78.0 Å². The molecule has 3 aliphatic rings. The quantitative estimate of drug-likeness (QED) is 0.446. The predicted molar refractivity (Wildman–Crippen MR) is 124 cm³/mol. The number of hydrogen-bond acceptors (Lipinski definition) is 5. The highest BCUT2D eigenvalue weighted by Crippen LogP contribution is 2.46. The van der Waals surface area contributed by atoms with Gasteiger partial charge in [-0.05, 0) is 59.9 Å². The molecule has 2 aliphatic heterocycles. The van der Waals surface area contributed by atoms with Crippen molar-refractivity contribution in [2.24, 2.45) is 0 Å². The number of fused-ring (bicyclic) bond motifs is 2. The number of Topliss-reactive ketones (excluding diaryl/α,β-unsaturated/α-hetero) is 1. The van der Waals surface area contributed by atoms with Crippen LogP contribution in [0.25, 0.3) is 0 Å². The lowest BCUT2D eigenvalue weighted by atomic mass is 9.78. The van der Waals surface area contributed by atoms with Crippen LogP contribution < -0.4 is 20.1 Å². The van der Waals surface area contributed by atoms with Gasteiger partial charge in [0, 0.05) is 17.7 Å². The van der Waals surface area contributed by atoms with Crippen LogP contribution in [0.1, 0.15) is 41.5 Å². The molecule has 2 heterocycles. The SMILES string of the molecule is O=C1C[C@H](c2ccc3c(c2)OCO3)CC2=C1[C@@H](c1ccc(C(F)(F)F)cc1)Nc1ccccc1N2. The Kier molecular flexibility index (Phi) is 4.98. The maximum atomic E-state index is 13.6. The maximum absolute atomic E-state index is 13.6. The van der Waals surface area contributed by atoms with E-state index in [2.05, 4.69) is 10.6 Å².